The summed E-state index contributed by atoms with van der Waals surface area (Å²) < 4.78 is 5.89. The van der Waals surface area contributed by atoms with Crippen molar-refractivity contribution >= 4 is 5.69 Å². The van der Waals surface area contributed by atoms with Crippen LogP contribution in [0.1, 0.15) is 39.5 Å². The average molecular weight is 207 g/mol. The Kier molecular flexibility index (Phi) is 5.02. The highest BCUT2D eigenvalue weighted by Crippen LogP contribution is 2.18. The molecule has 0 bridgehead atoms. The average Bonchev–Trinajstić information content (AvgIpc) is 2.22. The Hall–Kier alpha value is -1.18. The van der Waals surface area contributed by atoms with E-state index in [9.17, 15) is 0 Å². The van der Waals surface area contributed by atoms with E-state index in [4.69, 9.17) is 10.5 Å². The number of benzene rings is 1. The highest BCUT2D eigenvalue weighted by Gasteiger charge is 2.07. The van der Waals surface area contributed by atoms with Crippen LogP contribution in [0.5, 0.6) is 5.75 Å². The summed E-state index contributed by atoms with van der Waals surface area (Å²) in [6.07, 6.45) is 4.93. The first-order valence-electron chi connectivity index (χ1n) is 5.78. The van der Waals surface area contributed by atoms with Crippen molar-refractivity contribution in [1.82, 2.24) is 0 Å². The van der Waals surface area contributed by atoms with Crippen molar-refractivity contribution in [3.63, 3.8) is 0 Å². The Morgan fingerprint density at radius 3 is 2.07 bits per heavy atom. The molecule has 0 aliphatic heterocycles. The van der Waals surface area contributed by atoms with Gasteiger partial charge in [0.15, 0.2) is 0 Å². The first kappa shape index (κ1) is 11.9. The summed E-state index contributed by atoms with van der Waals surface area (Å²) >= 11 is 0. The number of ether oxygens (including phenoxy) is 1. The van der Waals surface area contributed by atoms with Crippen LogP contribution in [-0.4, -0.2) is 6.10 Å². The lowest BCUT2D eigenvalue weighted by Gasteiger charge is -2.17. The summed E-state index contributed by atoms with van der Waals surface area (Å²) in [6, 6.07) is 7.63. The Morgan fingerprint density at radius 2 is 1.60 bits per heavy atom. The maximum absolute atomic E-state index is 5.89. The van der Waals surface area contributed by atoms with Crippen LogP contribution in [0.4, 0.5) is 5.69 Å². The zero-order valence-corrected chi connectivity index (χ0v) is 9.70. The second-order valence-electron chi connectivity index (χ2n) is 3.89. The van der Waals surface area contributed by atoms with Crippen molar-refractivity contribution in [2.24, 2.45) is 0 Å². The number of hydrogen-bond donors (Lipinski definition) is 1. The van der Waals surface area contributed by atoms with E-state index in [2.05, 4.69) is 13.8 Å². The van der Waals surface area contributed by atoms with Gasteiger partial charge in [-0.15, -0.1) is 0 Å². The SMILES string of the molecule is CCCC(CCC)Oc1ccc(N)cc1. The number of nitrogen functional groups attached to an aromatic ring is 1. The van der Waals surface area contributed by atoms with Crippen molar-refractivity contribution in [2.45, 2.75) is 45.6 Å². The molecular weight excluding hydrogens is 186 g/mol. The molecular formula is C13H21NO. The Morgan fingerprint density at radius 1 is 1.07 bits per heavy atom. The van der Waals surface area contributed by atoms with Crippen LogP contribution in [0.3, 0.4) is 0 Å². The normalized spacial score (nSPS) is 10.6. The lowest BCUT2D eigenvalue weighted by molar-refractivity contribution is 0.179. The van der Waals surface area contributed by atoms with Crippen LogP contribution >= 0.6 is 0 Å². The second-order valence-corrected chi connectivity index (χ2v) is 3.89. The predicted octanol–water partition coefficient (Wildman–Crippen LogP) is 3.62. The highest BCUT2D eigenvalue weighted by molar-refractivity contribution is 5.41. The molecule has 0 fully saturated rings. The molecule has 0 atom stereocenters. The lowest BCUT2D eigenvalue weighted by Crippen LogP contribution is -2.15. The Labute approximate surface area is 92.4 Å². The summed E-state index contributed by atoms with van der Waals surface area (Å²) in [5, 5.41) is 0. The van der Waals surface area contributed by atoms with E-state index in [0.717, 1.165) is 24.3 Å². The molecule has 0 saturated heterocycles. The first-order chi connectivity index (χ1) is 7.26. The van der Waals surface area contributed by atoms with Crippen molar-refractivity contribution in [3.8, 4) is 5.75 Å². The number of hydrogen-bond acceptors (Lipinski definition) is 2. The zero-order chi connectivity index (χ0) is 11.1. The third-order valence-corrected chi connectivity index (χ3v) is 2.40. The van der Waals surface area contributed by atoms with E-state index < -0.39 is 0 Å². The molecule has 15 heavy (non-hydrogen) atoms. The van der Waals surface area contributed by atoms with Gasteiger partial charge in [-0.25, -0.2) is 0 Å². The van der Waals surface area contributed by atoms with E-state index in [-0.39, 0.29) is 0 Å². The fourth-order valence-corrected chi connectivity index (χ4v) is 1.64. The summed E-state index contributed by atoms with van der Waals surface area (Å²) in [7, 11) is 0. The maximum atomic E-state index is 5.89. The molecule has 2 heteroatoms. The Balaban J connectivity index is 2.53. The van der Waals surface area contributed by atoms with E-state index in [1.165, 1.54) is 12.8 Å². The molecule has 0 aliphatic rings. The monoisotopic (exact) mass is 207 g/mol. The molecule has 0 aliphatic carbocycles. The zero-order valence-electron chi connectivity index (χ0n) is 9.70. The molecule has 0 amide bonds. The fraction of sp³-hybridized carbons (Fsp3) is 0.538. The molecule has 1 rings (SSSR count). The molecule has 84 valence electrons. The third kappa shape index (κ3) is 4.24. The van der Waals surface area contributed by atoms with Crippen LogP contribution in [0.25, 0.3) is 0 Å². The quantitative estimate of drug-likeness (QED) is 0.723. The molecule has 1 aromatic rings. The van der Waals surface area contributed by atoms with Gasteiger partial charge in [0.2, 0.25) is 0 Å². The smallest absolute Gasteiger partial charge is 0.119 e. The molecule has 0 unspecified atom stereocenters. The van der Waals surface area contributed by atoms with E-state index in [1.54, 1.807) is 0 Å². The minimum Gasteiger partial charge on any atom is -0.490 e. The summed E-state index contributed by atoms with van der Waals surface area (Å²) in [6.45, 7) is 4.38. The van der Waals surface area contributed by atoms with Crippen molar-refractivity contribution in [1.29, 1.82) is 0 Å². The van der Waals surface area contributed by atoms with Crippen LogP contribution in [0.15, 0.2) is 24.3 Å². The number of rotatable bonds is 6. The van der Waals surface area contributed by atoms with Gasteiger partial charge in [0.05, 0.1) is 6.10 Å². The van der Waals surface area contributed by atoms with Gasteiger partial charge in [-0.2, -0.15) is 0 Å². The van der Waals surface area contributed by atoms with Gasteiger partial charge in [0.1, 0.15) is 5.75 Å². The van der Waals surface area contributed by atoms with Crippen molar-refractivity contribution < 1.29 is 4.74 Å². The summed E-state index contributed by atoms with van der Waals surface area (Å²) in [5.74, 6) is 0.927. The van der Waals surface area contributed by atoms with Crippen molar-refractivity contribution in [3.05, 3.63) is 24.3 Å². The van der Waals surface area contributed by atoms with Gasteiger partial charge < -0.3 is 10.5 Å². The number of anilines is 1. The van der Waals surface area contributed by atoms with Gasteiger partial charge in [0, 0.05) is 5.69 Å². The van der Waals surface area contributed by atoms with E-state index >= 15 is 0 Å². The predicted molar refractivity (Wildman–Crippen MR) is 65.1 cm³/mol. The third-order valence-electron chi connectivity index (χ3n) is 2.40. The molecule has 1 aromatic carbocycles. The summed E-state index contributed by atoms with van der Waals surface area (Å²) in [5.41, 5.74) is 6.40. The number of nitrogens with two attached hydrogens (primary N) is 1. The minimum atomic E-state index is 0.351. The van der Waals surface area contributed by atoms with Gasteiger partial charge in [-0.1, -0.05) is 26.7 Å². The molecule has 0 heterocycles. The van der Waals surface area contributed by atoms with E-state index in [1.807, 2.05) is 24.3 Å². The molecule has 0 aromatic heterocycles. The molecule has 0 saturated carbocycles. The molecule has 0 radical (unpaired) electrons. The first-order valence-corrected chi connectivity index (χ1v) is 5.78. The molecule has 2 N–H and O–H groups in total. The lowest BCUT2D eigenvalue weighted by atomic mass is 10.1. The largest absolute Gasteiger partial charge is 0.490 e. The second kappa shape index (κ2) is 6.33. The maximum Gasteiger partial charge on any atom is 0.119 e. The Bertz CT molecular complexity index is 262. The molecule has 2 nitrogen and oxygen atoms in total. The highest BCUT2D eigenvalue weighted by atomic mass is 16.5. The van der Waals surface area contributed by atoms with Gasteiger partial charge in [0.25, 0.3) is 0 Å². The summed E-state index contributed by atoms with van der Waals surface area (Å²) in [4.78, 5) is 0. The van der Waals surface area contributed by atoms with Gasteiger partial charge in [-0.3, -0.25) is 0 Å². The fourth-order valence-electron chi connectivity index (χ4n) is 1.64. The minimum absolute atomic E-state index is 0.351. The van der Waals surface area contributed by atoms with Crippen LogP contribution in [0, 0.1) is 0 Å². The standard InChI is InChI=1S/C13H21NO/c1-3-5-12(6-4-2)15-13-9-7-11(14)8-10-13/h7-10,12H,3-6,14H2,1-2H3. The molecule has 0 spiro atoms. The van der Waals surface area contributed by atoms with Gasteiger partial charge in [-0.05, 0) is 37.1 Å². The van der Waals surface area contributed by atoms with Gasteiger partial charge >= 0.3 is 0 Å². The van der Waals surface area contributed by atoms with E-state index in [0.29, 0.717) is 6.10 Å². The topological polar surface area (TPSA) is 35.2 Å². The van der Waals surface area contributed by atoms with Crippen molar-refractivity contribution in [2.75, 3.05) is 5.73 Å². The van der Waals surface area contributed by atoms with Crippen LogP contribution < -0.4 is 10.5 Å². The van der Waals surface area contributed by atoms with Crippen LogP contribution in [0.2, 0.25) is 0 Å². The van der Waals surface area contributed by atoms with Crippen LogP contribution in [-0.2, 0) is 0 Å².